The van der Waals surface area contributed by atoms with Crippen LogP contribution in [-0.2, 0) is 30.3 Å². The quantitative estimate of drug-likeness (QED) is 0.196. The Bertz CT molecular complexity index is 1360. The zero-order valence-electron chi connectivity index (χ0n) is 23.5. The molecule has 1 aromatic rings. The molecule has 3 heterocycles. The largest absolute Gasteiger partial charge is 0.504 e. The van der Waals surface area contributed by atoms with Gasteiger partial charge in [0.25, 0.3) is 0 Å². The number of aromatic hydroxyl groups is 1. The van der Waals surface area contributed by atoms with Crippen molar-refractivity contribution in [2.45, 2.75) is 82.0 Å². The van der Waals surface area contributed by atoms with E-state index in [1.54, 1.807) is 20.8 Å². The molecule has 0 bridgehead atoms. The Hall–Kier alpha value is -4.02. The van der Waals surface area contributed by atoms with Crippen molar-refractivity contribution in [2.75, 3.05) is 11.5 Å². The smallest absolute Gasteiger partial charge is 0.354 e. The van der Waals surface area contributed by atoms with Crippen molar-refractivity contribution in [3.05, 3.63) is 41.6 Å². The van der Waals surface area contributed by atoms with E-state index in [0.29, 0.717) is 5.56 Å². The van der Waals surface area contributed by atoms with Gasteiger partial charge in [0, 0.05) is 30.8 Å². The number of ether oxygens (including phenoxy) is 3. The lowest BCUT2D eigenvalue weighted by Gasteiger charge is -2.43. The number of dihydropyridines is 1. The first-order chi connectivity index (χ1) is 20.1. The molecule has 3 aliphatic rings. The number of hydrogen-bond acceptors (Lipinski definition) is 12. The summed E-state index contributed by atoms with van der Waals surface area (Å²) in [6, 6.07) is 0.133. The zero-order valence-corrected chi connectivity index (χ0v) is 23.5. The number of benzene rings is 1. The topological polar surface area (TPSA) is 236 Å². The molecule has 4 rings (SSSR count). The van der Waals surface area contributed by atoms with Crippen LogP contribution in [0.15, 0.2) is 41.1 Å². The monoisotopic (exact) mass is 606 g/mol. The minimum atomic E-state index is -1.63. The predicted molar refractivity (Wildman–Crippen MR) is 147 cm³/mol. The number of carbonyl (C=O) groups is 3. The fourth-order valence-electron chi connectivity index (χ4n) is 5.05. The summed E-state index contributed by atoms with van der Waals surface area (Å²) < 4.78 is 17.1. The SMILES string of the molecule is CC(C)(C)O[C@H]1[C@H](O)[C@@H](O)[C@H](Oc2cc3c(cc2O)N(/C=C/C2=CC(C(=O)O)=N[C@H](C(=O)O)C2)[C@H](C(=O)O)C3)O[C@@H]1CO. The van der Waals surface area contributed by atoms with E-state index in [9.17, 15) is 50.1 Å². The molecule has 0 radical (unpaired) electrons. The van der Waals surface area contributed by atoms with Crippen LogP contribution < -0.4 is 9.64 Å². The third-order valence-electron chi connectivity index (χ3n) is 7.03. The Morgan fingerprint density at radius 2 is 1.79 bits per heavy atom. The van der Waals surface area contributed by atoms with Crippen LogP contribution in [0.1, 0.15) is 32.8 Å². The molecule has 15 nitrogen and oxygen atoms in total. The Balaban J connectivity index is 1.58. The van der Waals surface area contributed by atoms with Crippen LogP contribution in [0.3, 0.4) is 0 Å². The summed E-state index contributed by atoms with van der Waals surface area (Å²) >= 11 is 0. The molecule has 1 saturated heterocycles. The number of fused-ring (bicyclic) bond motifs is 1. The summed E-state index contributed by atoms with van der Waals surface area (Å²) in [5.74, 6) is -4.57. The number of hydrogen-bond donors (Lipinski definition) is 7. The average molecular weight is 607 g/mol. The molecule has 43 heavy (non-hydrogen) atoms. The number of anilines is 1. The Kier molecular flexibility index (Phi) is 9.13. The van der Waals surface area contributed by atoms with E-state index in [0.717, 1.165) is 0 Å². The van der Waals surface area contributed by atoms with Gasteiger partial charge in [-0.3, -0.25) is 4.99 Å². The molecular weight excluding hydrogens is 572 g/mol. The van der Waals surface area contributed by atoms with Crippen molar-refractivity contribution in [2.24, 2.45) is 4.99 Å². The molecule has 0 unspecified atom stereocenters. The molecule has 7 atom stereocenters. The van der Waals surface area contributed by atoms with Crippen LogP contribution in [0.2, 0.25) is 0 Å². The van der Waals surface area contributed by atoms with Crippen LogP contribution in [0.25, 0.3) is 0 Å². The fraction of sp³-hybridized carbons (Fsp3) is 0.500. The average Bonchev–Trinajstić information content (AvgIpc) is 3.28. The second kappa shape index (κ2) is 12.3. The van der Waals surface area contributed by atoms with Gasteiger partial charge in [0.15, 0.2) is 17.5 Å². The van der Waals surface area contributed by atoms with Crippen molar-refractivity contribution in [3.8, 4) is 11.5 Å². The molecule has 7 N–H and O–H groups in total. The summed E-state index contributed by atoms with van der Waals surface area (Å²) in [6.07, 6.45) is -3.03. The zero-order chi connectivity index (χ0) is 31.8. The molecule has 0 saturated carbocycles. The Morgan fingerprint density at radius 3 is 2.37 bits per heavy atom. The summed E-state index contributed by atoms with van der Waals surface area (Å²) in [4.78, 5) is 40.0. The van der Waals surface area contributed by atoms with Crippen molar-refractivity contribution < 1.29 is 64.3 Å². The summed E-state index contributed by atoms with van der Waals surface area (Å²) in [6.45, 7) is 4.63. The maximum atomic E-state index is 12.1. The number of nitrogens with zero attached hydrogens (tertiary/aromatic N) is 2. The lowest BCUT2D eigenvalue weighted by molar-refractivity contribution is -0.298. The van der Waals surface area contributed by atoms with E-state index in [-0.39, 0.29) is 29.9 Å². The van der Waals surface area contributed by atoms with Crippen LogP contribution in [0.5, 0.6) is 11.5 Å². The van der Waals surface area contributed by atoms with Gasteiger partial charge in [-0.1, -0.05) is 0 Å². The number of carboxylic acids is 3. The molecule has 0 aromatic heterocycles. The van der Waals surface area contributed by atoms with Crippen LogP contribution in [-0.4, -0.2) is 114 Å². The van der Waals surface area contributed by atoms with Crippen molar-refractivity contribution in [3.63, 3.8) is 0 Å². The van der Waals surface area contributed by atoms with Crippen molar-refractivity contribution in [1.82, 2.24) is 0 Å². The molecule has 3 aliphatic heterocycles. The van der Waals surface area contributed by atoms with Crippen LogP contribution in [0, 0.1) is 0 Å². The number of phenolic OH excluding ortho intramolecular Hbond substituents is 1. The van der Waals surface area contributed by atoms with E-state index in [1.807, 2.05) is 0 Å². The van der Waals surface area contributed by atoms with E-state index in [2.05, 4.69) is 4.99 Å². The van der Waals surface area contributed by atoms with Crippen molar-refractivity contribution >= 4 is 29.3 Å². The molecule has 0 spiro atoms. The summed E-state index contributed by atoms with van der Waals surface area (Å²) in [7, 11) is 0. The minimum Gasteiger partial charge on any atom is -0.504 e. The highest BCUT2D eigenvalue weighted by molar-refractivity contribution is 6.41. The third-order valence-corrected chi connectivity index (χ3v) is 7.03. The molecule has 0 aliphatic carbocycles. The maximum absolute atomic E-state index is 12.1. The molecule has 1 fully saturated rings. The lowest BCUT2D eigenvalue weighted by atomic mass is 9.98. The highest BCUT2D eigenvalue weighted by atomic mass is 16.7. The normalized spacial score (nSPS) is 29.2. The number of allylic oxidation sites excluding steroid dienone is 1. The molecule has 0 amide bonds. The molecule has 15 heteroatoms. The number of aliphatic carboxylic acids is 3. The maximum Gasteiger partial charge on any atom is 0.354 e. The van der Waals surface area contributed by atoms with Crippen LogP contribution in [0.4, 0.5) is 5.69 Å². The first-order valence-corrected chi connectivity index (χ1v) is 13.4. The highest BCUT2D eigenvalue weighted by Gasteiger charge is 2.48. The predicted octanol–water partition coefficient (Wildman–Crippen LogP) is 0.0320. The lowest BCUT2D eigenvalue weighted by Crippen LogP contribution is -2.62. The standard InChI is InChI=1S/C28H34N2O13/c1-28(2,3)43-23-20(11-31)42-27(22(34)21(23)33)41-19-9-13-8-17(26(39)40)30(16(13)10-18(19)32)5-4-12-6-14(24(35)36)29-15(7-12)25(37)38/h4-6,9-10,15,17,20-23,27,31-34H,7-8,11H2,1-3H3,(H,35,36)(H,37,38)(H,39,40)/b5-4+/t15-,17-,20+,21+,22+,23+,27+/m0/s1. The third kappa shape index (κ3) is 6.97. The Morgan fingerprint density at radius 1 is 1.09 bits per heavy atom. The van der Waals surface area contributed by atoms with Gasteiger partial charge in [-0.05, 0) is 50.1 Å². The van der Waals surface area contributed by atoms with Gasteiger partial charge in [-0.15, -0.1) is 0 Å². The summed E-state index contributed by atoms with van der Waals surface area (Å²) in [5, 5.41) is 70.5. The van der Waals surface area contributed by atoms with Gasteiger partial charge in [0.2, 0.25) is 6.29 Å². The van der Waals surface area contributed by atoms with Gasteiger partial charge >= 0.3 is 17.9 Å². The highest BCUT2D eigenvalue weighted by Crippen LogP contribution is 2.42. The van der Waals surface area contributed by atoms with Crippen molar-refractivity contribution in [1.29, 1.82) is 0 Å². The number of aliphatic imine (C=N–C) groups is 1. The number of aliphatic hydroxyl groups excluding tert-OH is 3. The van der Waals surface area contributed by atoms with Gasteiger partial charge < -0.3 is 54.9 Å². The van der Waals surface area contributed by atoms with Gasteiger partial charge in [-0.25, -0.2) is 14.4 Å². The Labute approximate surface area is 245 Å². The molecule has 234 valence electrons. The minimum absolute atomic E-state index is 0.0399. The number of phenols is 1. The van der Waals surface area contributed by atoms with E-state index >= 15 is 0 Å². The van der Waals surface area contributed by atoms with Gasteiger partial charge in [0.1, 0.15) is 36.2 Å². The number of aliphatic hydroxyl groups is 3. The van der Waals surface area contributed by atoms with Crippen LogP contribution >= 0.6 is 0 Å². The van der Waals surface area contributed by atoms with E-state index in [4.69, 9.17) is 14.2 Å². The van der Waals surface area contributed by atoms with Gasteiger partial charge in [-0.2, -0.15) is 0 Å². The molecular formula is C28H34N2O13. The number of carboxylic acid groups (broad SMARTS) is 3. The van der Waals surface area contributed by atoms with E-state index < -0.39 is 84.4 Å². The van der Waals surface area contributed by atoms with E-state index in [1.165, 1.54) is 35.4 Å². The fourth-order valence-corrected chi connectivity index (χ4v) is 5.05. The van der Waals surface area contributed by atoms with Gasteiger partial charge in [0.05, 0.1) is 12.2 Å². The second-order valence-electron chi connectivity index (χ2n) is 11.3. The molecule has 1 aromatic carbocycles. The first-order valence-electron chi connectivity index (χ1n) is 13.4. The first kappa shape index (κ1) is 31.9. The number of rotatable bonds is 9. The second-order valence-corrected chi connectivity index (χ2v) is 11.3. The summed E-state index contributed by atoms with van der Waals surface area (Å²) in [5.41, 5.74) is -0.185.